The van der Waals surface area contributed by atoms with E-state index in [4.69, 9.17) is 47.4 Å². The number of nitrogens with one attached hydrogen (secondary N) is 1. The van der Waals surface area contributed by atoms with Gasteiger partial charge in [0, 0.05) is 27.9 Å². The highest BCUT2D eigenvalue weighted by Crippen LogP contribution is 2.36. The van der Waals surface area contributed by atoms with Crippen molar-refractivity contribution in [2.24, 2.45) is 0 Å². The highest BCUT2D eigenvalue weighted by molar-refractivity contribution is 5.91. The number of rotatable bonds is 16. The molecule has 65 heavy (non-hydrogen) atoms. The van der Waals surface area contributed by atoms with Gasteiger partial charge in [-0.25, -0.2) is 19.2 Å². The van der Waals surface area contributed by atoms with Gasteiger partial charge < -0.3 is 52.7 Å². The third-order valence-corrected chi connectivity index (χ3v) is 10.0. The fourth-order valence-electron chi connectivity index (χ4n) is 7.11. The van der Waals surface area contributed by atoms with E-state index in [0.717, 1.165) is 13.8 Å². The Morgan fingerprint density at radius 1 is 0.462 bits per heavy atom. The first-order chi connectivity index (χ1) is 31.3. The van der Waals surface area contributed by atoms with Crippen LogP contribution < -0.4 is 5.32 Å². The molecule has 0 radical (unpaired) electrons. The number of hydrogen-bond donors (Lipinski definition) is 1. The molecule has 4 aromatic carbocycles. The SMILES string of the molecule is CO[C@H]1O[C@H](COC(=O)c2ccccc2)[C@@H](O[C@H]2O[C@H](COC(C)=O)[C@@H](OC(C)=O)[C@H](OC(=O)c3ccccc3)[C@@H]2OC(=O)c2ccccc2)[C@H](OC(=O)c2ccccc2)[C@H]1NC(C)=O. The van der Waals surface area contributed by atoms with Crippen molar-refractivity contribution in [1.82, 2.24) is 5.32 Å². The smallest absolute Gasteiger partial charge is 0.338 e. The zero-order valence-corrected chi connectivity index (χ0v) is 35.7. The third-order valence-electron chi connectivity index (χ3n) is 10.0. The van der Waals surface area contributed by atoms with E-state index < -0.39 is 116 Å². The second kappa shape index (κ2) is 22.6. The Kier molecular flexibility index (Phi) is 16.5. The van der Waals surface area contributed by atoms with E-state index in [2.05, 4.69) is 5.32 Å². The highest BCUT2D eigenvalue weighted by atomic mass is 16.8. The van der Waals surface area contributed by atoms with Crippen molar-refractivity contribution in [1.29, 1.82) is 0 Å². The fourth-order valence-corrected chi connectivity index (χ4v) is 7.11. The van der Waals surface area contributed by atoms with Crippen LogP contribution >= 0.6 is 0 Å². The van der Waals surface area contributed by atoms with Gasteiger partial charge in [0.2, 0.25) is 5.91 Å². The summed E-state index contributed by atoms with van der Waals surface area (Å²) in [6, 6.07) is 30.0. The minimum atomic E-state index is -1.90. The quantitative estimate of drug-likeness (QED) is 0.124. The molecule has 2 aliphatic rings. The first kappa shape index (κ1) is 47.5. The Labute approximate surface area is 373 Å². The molecule has 10 atom stereocenters. The summed E-state index contributed by atoms with van der Waals surface area (Å²) >= 11 is 0. The molecule has 0 bridgehead atoms. The van der Waals surface area contributed by atoms with Crippen molar-refractivity contribution in [3.8, 4) is 0 Å². The summed E-state index contributed by atoms with van der Waals surface area (Å²) in [6.07, 6.45) is -14.6. The van der Waals surface area contributed by atoms with Crippen molar-refractivity contribution in [3.05, 3.63) is 144 Å². The van der Waals surface area contributed by atoms with Gasteiger partial charge in [-0.3, -0.25) is 14.4 Å². The summed E-state index contributed by atoms with van der Waals surface area (Å²) in [5, 5.41) is 2.69. The minimum absolute atomic E-state index is 0.0421. The lowest BCUT2D eigenvalue weighted by Crippen LogP contribution is -2.69. The molecule has 18 nitrogen and oxygen atoms in total. The van der Waals surface area contributed by atoms with Crippen LogP contribution in [-0.4, -0.2) is 123 Å². The molecule has 342 valence electrons. The Balaban J connectivity index is 1.49. The summed E-state index contributed by atoms with van der Waals surface area (Å²) < 4.78 is 60.1. The molecule has 0 aromatic heterocycles. The van der Waals surface area contributed by atoms with Crippen LogP contribution in [0.25, 0.3) is 0 Å². The lowest BCUT2D eigenvalue weighted by molar-refractivity contribution is -0.345. The lowest BCUT2D eigenvalue weighted by atomic mass is 9.94. The number of carbonyl (C=O) groups is 7. The minimum Gasteiger partial charge on any atom is -0.463 e. The number of hydrogen-bond acceptors (Lipinski definition) is 17. The van der Waals surface area contributed by atoms with Crippen molar-refractivity contribution in [2.75, 3.05) is 20.3 Å². The first-order valence-corrected chi connectivity index (χ1v) is 20.4. The molecule has 6 rings (SSSR count). The first-order valence-electron chi connectivity index (χ1n) is 20.4. The molecule has 0 unspecified atom stereocenters. The molecule has 2 fully saturated rings. The van der Waals surface area contributed by atoms with Gasteiger partial charge in [0.1, 0.15) is 37.6 Å². The van der Waals surface area contributed by atoms with E-state index in [1.54, 1.807) is 72.8 Å². The lowest BCUT2D eigenvalue weighted by Gasteiger charge is -2.49. The number of methoxy groups -OCH3 is 1. The van der Waals surface area contributed by atoms with Crippen LogP contribution in [0.3, 0.4) is 0 Å². The van der Waals surface area contributed by atoms with Crippen LogP contribution in [0.1, 0.15) is 62.2 Å². The topological polar surface area (TPSA) is 224 Å². The predicted octanol–water partition coefficient (Wildman–Crippen LogP) is 4.00. The fraction of sp³-hybridized carbons (Fsp3) is 0.340. The highest BCUT2D eigenvalue weighted by Gasteiger charge is 2.57. The molecule has 1 amide bonds. The van der Waals surface area contributed by atoms with Gasteiger partial charge in [-0.2, -0.15) is 0 Å². The van der Waals surface area contributed by atoms with Gasteiger partial charge in [0.25, 0.3) is 0 Å². The van der Waals surface area contributed by atoms with Gasteiger partial charge in [-0.05, 0) is 48.5 Å². The van der Waals surface area contributed by atoms with Crippen LogP contribution in [0.5, 0.6) is 0 Å². The maximum atomic E-state index is 14.0. The van der Waals surface area contributed by atoms with Crippen LogP contribution in [0, 0.1) is 0 Å². The van der Waals surface area contributed by atoms with E-state index >= 15 is 0 Å². The Morgan fingerprint density at radius 2 is 0.877 bits per heavy atom. The zero-order chi connectivity index (χ0) is 46.5. The largest absolute Gasteiger partial charge is 0.463 e. The zero-order valence-electron chi connectivity index (χ0n) is 35.7. The maximum absolute atomic E-state index is 14.0. The third kappa shape index (κ3) is 12.6. The normalized spacial score (nSPS) is 24.9. The molecule has 0 saturated carbocycles. The molecule has 2 heterocycles. The molecule has 1 N–H and O–H groups in total. The molecule has 0 spiro atoms. The Bertz CT molecular complexity index is 2260. The van der Waals surface area contributed by atoms with Gasteiger partial charge in [0.05, 0.1) is 22.3 Å². The second-order valence-corrected chi connectivity index (χ2v) is 14.7. The number of esters is 6. The van der Waals surface area contributed by atoms with Crippen LogP contribution in [0.15, 0.2) is 121 Å². The molecule has 18 heteroatoms. The molecule has 2 saturated heterocycles. The predicted molar refractivity (Wildman–Crippen MR) is 223 cm³/mol. The Morgan fingerprint density at radius 3 is 1.32 bits per heavy atom. The summed E-state index contributed by atoms with van der Waals surface area (Å²) in [4.78, 5) is 93.0. The molecular weight excluding hydrogens is 851 g/mol. The van der Waals surface area contributed by atoms with E-state index in [9.17, 15) is 33.6 Å². The Hall–Kier alpha value is -6.99. The average molecular weight is 898 g/mol. The maximum Gasteiger partial charge on any atom is 0.338 e. The van der Waals surface area contributed by atoms with Crippen LogP contribution in [0.4, 0.5) is 0 Å². The van der Waals surface area contributed by atoms with Gasteiger partial charge >= 0.3 is 35.8 Å². The van der Waals surface area contributed by atoms with Crippen molar-refractivity contribution in [2.45, 2.75) is 82.1 Å². The molecule has 0 aliphatic carbocycles. The van der Waals surface area contributed by atoms with E-state index in [1.807, 2.05) is 0 Å². The van der Waals surface area contributed by atoms with Crippen LogP contribution in [0.2, 0.25) is 0 Å². The van der Waals surface area contributed by atoms with E-state index in [-0.39, 0.29) is 22.3 Å². The summed E-state index contributed by atoms with van der Waals surface area (Å²) in [5.74, 6) is -5.81. The number of ether oxygens (including phenoxy) is 10. The van der Waals surface area contributed by atoms with Gasteiger partial charge in [-0.1, -0.05) is 72.8 Å². The van der Waals surface area contributed by atoms with E-state index in [0.29, 0.717) is 0 Å². The summed E-state index contributed by atoms with van der Waals surface area (Å²) in [7, 11) is 1.27. The van der Waals surface area contributed by atoms with Crippen molar-refractivity contribution < 1.29 is 80.9 Å². The summed E-state index contributed by atoms with van der Waals surface area (Å²) in [6.45, 7) is 2.20. The average Bonchev–Trinajstić information content (AvgIpc) is 3.31. The number of carbonyl (C=O) groups excluding carboxylic acids is 7. The van der Waals surface area contributed by atoms with Crippen molar-refractivity contribution >= 4 is 41.7 Å². The van der Waals surface area contributed by atoms with Crippen LogP contribution in [-0.2, 0) is 61.8 Å². The summed E-state index contributed by atoms with van der Waals surface area (Å²) in [5.41, 5.74) is 0.381. The number of benzene rings is 4. The second-order valence-electron chi connectivity index (χ2n) is 14.7. The van der Waals surface area contributed by atoms with Gasteiger partial charge in [0.15, 0.2) is 37.0 Å². The van der Waals surface area contributed by atoms with Gasteiger partial charge in [-0.15, -0.1) is 0 Å². The molecular formula is C47H47NO17. The number of amides is 1. The molecule has 4 aromatic rings. The van der Waals surface area contributed by atoms with E-state index in [1.165, 1.54) is 62.6 Å². The monoisotopic (exact) mass is 897 g/mol. The molecule has 2 aliphatic heterocycles. The van der Waals surface area contributed by atoms with Crippen molar-refractivity contribution in [3.63, 3.8) is 0 Å². The standard InChI is InChI=1S/C47H47NO17/c1-27(49)48-36-39(62-43(53)31-19-11-6-12-20-31)37(35(60-46(36)56-4)26-58-42(52)30-17-9-5-10-18-30)65-47-41(64-45(55)33-23-15-8-16-24-33)40(63-44(54)32-21-13-7-14-22-32)38(59-29(3)51)34(61-47)25-57-28(2)50/h5-24,34-41,46-47H,25-26H2,1-4H3,(H,48,49)/t34-,35-,36-,37-,38-,39-,40+,41+,46+,47-/m1/s1.